The molecule has 0 saturated heterocycles. The largest absolute Gasteiger partial charge is 0.308 e. The molecule has 3 heterocycles. The van der Waals surface area contributed by atoms with Gasteiger partial charge in [-0.3, -0.25) is 14.2 Å². The van der Waals surface area contributed by atoms with Crippen molar-refractivity contribution in [1.82, 2.24) is 24.6 Å². The fraction of sp³-hybridized carbons (Fsp3) is 0.167. The van der Waals surface area contributed by atoms with E-state index in [0.29, 0.717) is 34.4 Å². The molecule has 1 aromatic carbocycles. The molecule has 0 amide bonds. The highest BCUT2D eigenvalue weighted by Crippen LogP contribution is 2.30. The van der Waals surface area contributed by atoms with Gasteiger partial charge in [-0.15, -0.1) is 0 Å². The molecule has 0 bridgehead atoms. The van der Waals surface area contributed by atoms with Crippen LogP contribution >= 0.6 is 0 Å². The number of anilines is 3. The maximum atomic E-state index is 11.7. The number of H-pyrrole nitrogens is 1. The minimum absolute atomic E-state index is 0.451. The minimum Gasteiger partial charge on any atom is -0.308 e. The fourth-order valence-corrected chi connectivity index (χ4v) is 3.51. The number of benzene rings is 1. The second-order valence-electron chi connectivity index (χ2n) is 6.56. The average molecular weight is 397 g/mol. The number of hydrogen-bond acceptors (Lipinski definition) is 6. The van der Waals surface area contributed by atoms with Gasteiger partial charge >= 0.3 is 0 Å². The third-order valence-electron chi connectivity index (χ3n) is 4.02. The first-order chi connectivity index (χ1) is 13.3. The Balaban J connectivity index is 1.87. The zero-order valence-corrected chi connectivity index (χ0v) is 16.4. The predicted octanol–water partition coefficient (Wildman–Crippen LogP) is 2.85. The van der Waals surface area contributed by atoms with Crippen LogP contribution in [0.25, 0.3) is 16.9 Å². The van der Waals surface area contributed by atoms with E-state index >= 15 is 0 Å². The summed E-state index contributed by atoms with van der Waals surface area (Å²) < 4.78 is 27.8. The van der Waals surface area contributed by atoms with Gasteiger partial charge in [0.2, 0.25) is 16.0 Å². The summed E-state index contributed by atoms with van der Waals surface area (Å²) in [7, 11) is -3.43. The van der Waals surface area contributed by atoms with Crippen molar-refractivity contribution in [3.8, 4) is 11.3 Å². The highest BCUT2D eigenvalue weighted by Gasteiger charge is 2.15. The number of rotatable bonds is 5. The van der Waals surface area contributed by atoms with E-state index in [4.69, 9.17) is 4.98 Å². The molecule has 0 aliphatic carbocycles. The molecular formula is C18H19N7O2S. The summed E-state index contributed by atoms with van der Waals surface area (Å²) in [5.74, 6) is 1.14. The van der Waals surface area contributed by atoms with E-state index in [-0.39, 0.29) is 0 Å². The molecule has 0 saturated carbocycles. The molecule has 3 N–H and O–H groups in total. The van der Waals surface area contributed by atoms with Crippen molar-refractivity contribution in [2.45, 2.75) is 13.8 Å². The molecule has 3 aromatic heterocycles. The highest BCUT2D eigenvalue weighted by atomic mass is 32.2. The second-order valence-corrected chi connectivity index (χ2v) is 8.30. The zero-order valence-electron chi connectivity index (χ0n) is 15.6. The van der Waals surface area contributed by atoms with Crippen molar-refractivity contribution in [2.75, 3.05) is 16.3 Å². The second kappa shape index (κ2) is 6.64. The number of aryl methyl sites for hydroxylation is 2. The molecule has 10 heteroatoms. The molecule has 9 nitrogen and oxygen atoms in total. The third-order valence-corrected chi connectivity index (χ3v) is 4.61. The van der Waals surface area contributed by atoms with Crippen LogP contribution < -0.4 is 10.0 Å². The van der Waals surface area contributed by atoms with Crippen LogP contribution in [0.1, 0.15) is 11.4 Å². The first-order valence-electron chi connectivity index (χ1n) is 8.51. The number of hydrogen-bond donors (Lipinski definition) is 3. The molecule has 0 spiro atoms. The van der Waals surface area contributed by atoms with Crippen LogP contribution in [0, 0.1) is 13.8 Å². The van der Waals surface area contributed by atoms with E-state index in [0.717, 1.165) is 17.6 Å². The summed E-state index contributed by atoms with van der Waals surface area (Å²) in [6, 6.07) is 10.8. The van der Waals surface area contributed by atoms with Gasteiger partial charge in [0.15, 0.2) is 5.82 Å². The van der Waals surface area contributed by atoms with Crippen LogP contribution in [0.4, 0.5) is 17.5 Å². The summed E-state index contributed by atoms with van der Waals surface area (Å²) >= 11 is 0. The number of nitrogens with zero attached hydrogens (tertiary/aromatic N) is 4. The molecule has 0 radical (unpaired) electrons. The standard InChI is InChI=1S/C18H19N7O2S/c1-11-8-16(23-22-11)21-18-20-15(9-17-19-12(2)10-25(17)18)13-6-4-5-7-14(13)24-28(3,26)27/h4-10,24H,1-3H3,(H2,20,21,22,23). The molecule has 0 aliphatic heterocycles. The summed E-state index contributed by atoms with van der Waals surface area (Å²) in [6.45, 7) is 3.81. The summed E-state index contributed by atoms with van der Waals surface area (Å²) in [6.07, 6.45) is 2.99. The van der Waals surface area contributed by atoms with E-state index in [9.17, 15) is 8.42 Å². The van der Waals surface area contributed by atoms with Gasteiger partial charge in [0.1, 0.15) is 5.65 Å². The zero-order chi connectivity index (χ0) is 19.9. The Labute approximate surface area is 161 Å². The Kier molecular flexibility index (Phi) is 4.27. The maximum Gasteiger partial charge on any atom is 0.229 e. The van der Waals surface area contributed by atoms with E-state index in [1.165, 1.54) is 0 Å². The van der Waals surface area contributed by atoms with Crippen LogP contribution in [0.3, 0.4) is 0 Å². The lowest BCUT2D eigenvalue weighted by molar-refractivity contribution is 0.607. The number of nitrogens with one attached hydrogen (secondary N) is 3. The lowest BCUT2D eigenvalue weighted by Gasteiger charge is -2.12. The van der Waals surface area contributed by atoms with Gasteiger partial charge in [0.25, 0.3) is 0 Å². The fourth-order valence-electron chi connectivity index (χ4n) is 2.93. The number of aromatic amines is 1. The predicted molar refractivity (Wildman–Crippen MR) is 108 cm³/mol. The van der Waals surface area contributed by atoms with Gasteiger partial charge in [-0.1, -0.05) is 18.2 Å². The first-order valence-corrected chi connectivity index (χ1v) is 10.4. The van der Waals surface area contributed by atoms with Gasteiger partial charge < -0.3 is 5.32 Å². The minimum atomic E-state index is -3.43. The average Bonchev–Trinajstić information content (AvgIpc) is 3.18. The molecule has 4 aromatic rings. The summed E-state index contributed by atoms with van der Waals surface area (Å²) in [5.41, 5.74) is 4.12. The van der Waals surface area contributed by atoms with Crippen LogP contribution in [0.15, 0.2) is 42.6 Å². The van der Waals surface area contributed by atoms with Crippen molar-refractivity contribution in [3.05, 3.63) is 54.0 Å². The molecular weight excluding hydrogens is 378 g/mol. The third kappa shape index (κ3) is 3.67. The molecule has 0 aliphatic rings. The van der Waals surface area contributed by atoms with Crippen LogP contribution in [0.5, 0.6) is 0 Å². The SMILES string of the molecule is Cc1cn2c(Nc3cc(C)[nH]n3)nc(-c3ccccc3NS(C)(=O)=O)cc2n1. The van der Waals surface area contributed by atoms with E-state index in [2.05, 4.69) is 25.2 Å². The Morgan fingerprint density at radius 3 is 2.61 bits per heavy atom. The maximum absolute atomic E-state index is 11.7. The van der Waals surface area contributed by atoms with Crippen LogP contribution in [0.2, 0.25) is 0 Å². The Hall–Kier alpha value is -3.40. The molecule has 4 rings (SSSR count). The van der Waals surface area contributed by atoms with E-state index < -0.39 is 10.0 Å². The number of aromatic nitrogens is 5. The normalized spacial score (nSPS) is 11.7. The van der Waals surface area contributed by atoms with Crippen molar-refractivity contribution in [3.63, 3.8) is 0 Å². The van der Waals surface area contributed by atoms with Crippen molar-refractivity contribution in [1.29, 1.82) is 0 Å². The van der Waals surface area contributed by atoms with Crippen molar-refractivity contribution >= 4 is 33.1 Å². The summed E-state index contributed by atoms with van der Waals surface area (Å²) in [5, 5.41) is 10.3. The first kappa shape index (κ1) is 18.0. The van der Waals surface area contributed by atoms with Crippen LogP contribution in [-0.2, 0) is 10.0 Å². The van der Waals surface area contributed by atoms with Crippen molar-refractivity contribution < 1.29 is 8.42 Å². The van der Waals surface area contributed by atoms with Gasteiger partial charge in [0.05, 0.1) is 23.3 Å². The number of fused-ring (bicyclic) bond motifs is 1. The number of para-hydroxylation sites is 1. The van der Waals surface area contributed by atoms with Gasteiger partial charge in [-0.05, 0) is 19.9 Å². The quantitative estimate of drug-likeness (QED) is 0.477. The molecule has 0 fully saturated rings. The highest BCUT2D eigenvalue weighted by molar-refractivity contribution is 7.92. The number of sulfonamides is 1. The van der Waals surface area contributed by atoms with Gasteiger partial charge in [-0.2, -0.15) is 5.10 Å². The van der Waals surface area contributed by atoms with E-state index in [1.807, 2.05) is 48.7 Å². The van der Waals surface area contributed by atoms with Gasteiger partial charge in [-0.25, -0.2) is 18.4 Å². The lowest BCUT2D eigenvalue weighted by atomic mass is 10.1. The van der Waals surface area contributed by atoms with Crippen molar-refractivity contribution in [2.24, 2.45) is 0 Å². The molecule has 28 heavy (non-hydrogen) atoms. The monoisotopic (exact) mass is 397 g/mol. The molecule has 0 atom stereocenters. The molecule has 144 valence electrons. The van der Waals surface area contributed by atoms with E-state index in [1.54, 1.807) is 12.1 Å². The Morgan fingerprint density at radius 2 is 1.89 bits per heavy atom. The topological polar surface area (TPSA) is 117 Å². The smallest absolute Gasteiger partial charge is 0.229 e. The lowest BCUT2D eigenvalue weighted by Crippen LogP contribution is -2.11. The van der Waals surface area contributed by atoms with Gasteiger partial charge in [0, 0.05) is 29.6 Å². The van der Waals surface area contributed by atoms with Crippen LogP contribution in [-0.4, -0.2) is 39.2 Å². The number of imidazole rings is 1. The molecule has 0 unspecified atom stereocenters. The Bertz CT molecular complexity index is 1270. The Morgan fingerprint density at radius 1 is 1.11 bits per heavy atom. The summed E-state index contributed by atoms with van der Waals surface area (Å²) in [4.78, 5) is 9.23.